The number of rotatable bonds is 4. The first-order chi connectivity index (χ1) is 6.70. The van der Waals surface area contributed by atoms with Gasteiger partial charge in [0, 0.05) is 6.42 Å². The Bertz CT molecular complexity index is 280. The van der Waals surface area contributed by atoms with Crippen LogP contribution in [0.5, 0.6) is 0 Å². The molecule has 3 nitrogen and oxygen atoms in total. The predicted octanol–water partition coefficient (Wildman–Crippen LogP) is 1.61. The quantitative estimate of drug-likeness (QED) is 0.741. The Balaban J connectivity index is 2.36. The van der Waals surface area contributed by atoms with Gasteiger partial charge in [0.05, 0.1) is 18.3 Å². The standard InChI is InChI=1S/C11H14O3/c1-9(12)7-8-14-11(13)10-5-3-2-4-6-10/h2-6,9,12H,7-8H2,1H3. The van der Waals surface area contributed by atoms with Crippen LogP contribution in [0.3, 0.4) is 0 Å². The Morgan fingerprint density at radius 1 is 1.43 bits per heavy atom. The lowest BCUT2D eigenvalue weighted by atomic mass is 10.2. The van der Waals surface area contributed by atoms with E-state index in [1.807, 2.05) is 6.07 Å². The number of carbonyl (C=O) groups excluding carboxylic acids is 1. The highest BCUT2D eigenvalue weighted by molar-refractivity contribution is 5.89. The number of ether oxygens (including phenoxy) is 1. The van der Waals surface area contributed by atoms with Crippen molar-refractivity contribution in [3.05, 3.63) is 35.9 Å². The minimum absolute atomic E-state index is 0.255. The van der Waals surface area contributed by atoms with Gasteiger partial charge in [0.25, 0.3) is 0 Å². The zero-order valence-corrected chi connectivity index (χ0v) is 8.14. The highest BCUT2D eigenvalue weighted by atomic mass is 16.5. The molecule has 0 radical (unpaired) electrons. The molecule has 0 bridgehead atoms. The van der Waals surface area contributed by atoms with Crippen LogP contribution in [0.2, 0.25) is 0 Å². The van der Waals surface area contributed by atoms with E-state index in [9.17, 15) is 4.79 Å². The van der Waals surface area contributed by atoms with Crippen LogP contribution >= 0.6 is 0 Å². The smallest absolute Gasteiger partial charge is 0.338 e. The van der Waals surface area contributed by atoms with Crippen LogP contribution < -0.4 is 0 Å². The second kappa shape index (κ2) is 5.40. The molecular formula is C11H14O3. The van der Waals surface area contributed by atoms with Crippen molar-refractivity contribution < 1.29 is 14.6 Å². The molecule has 0 fully saturated rings. The van der Waals surface area contributed by atoms with Crippen LogP contribution in [-0.4, -0.2) is 23.8 Å². The van der Waals surface area contributed by atoms with Crippen LogP contribution in [0, 0.1) is 0 Å². The summed E-state index contributed by atoms with van der Waals surface area (Å²) in [5.41, 5.74) is 0.540. The largest absolute Gasteiger partial charge is 0.462 e. The Kier molecular flexibility index (Phi) is 4.13. The van der Waals surface area contributed by atoms with Gasteiger partial charge in [-0.05, 0) is 19.1 Å². The molecule has 1 N–H and O–H groups in total. The SMILES string of the molecule is CC(O)CCOC(=O)c1ccccc1. The lowest BCUT2D eigenvalue weighted by molar-refractivity contribution is 0.0444. The topological polar surface area (TPSA) is 46.5 Å². The van der Waals surface area contributed by atoms with Crippen LogP contribution in [0.15, 0.2) is 30.3 Å². The molecule has 0 heterocycles. The molecule has 0 amide bonds. The first kappa shape index (κ1) is 10.7. The van der Waals surface area contributed by atoms with E-state index in [4.69, 9.17) is 9.84 Å². The summed E-state index contributed by atoms with van der Waals surface area (Å²) in [5, 5.41) is 8.94. The molecule has 0 spiro atoms. The number of hydrogen-bond acceptors (Lipinski definition) is 3. The Hall–Kier alpha value is -1.35. The van der Waals surface area contributed by atoms with Crippen molar-refractivity contribution in [3.8, 4) is 0 Å². The summed E-state index contributed by atoms with van der Waals surface area (Å²) in [7, 11) is 0. The highest BCUT2D eigenvalue weighted by Crippen LogP contribution is 2.01. The molecule has 1 atom stereocenters. The maximum absolute atomic E-state index is 11.3. The minimum atomic E-state index is -0.432. The molecule has 1 rings (SSSR count). The van der Waals surface area contributed by atoms with Crippen LogP contribution in [0.4, 0.5) is 0 Å². The van der Waals surface area contributed by atoms with E-state index in [0.29, 0.717) is 12.0 Å². The number of benzene rings is 1. The van der Waals surface area contributed by atoms with Gasteiger partial charge in [0.2, 0.25) is 0 Å². The molecule has 0 aromatic heterocycles. The van der Waals surface area contributed by atoms with Gasteiger partial charge in [-0.25, -0.2) is 4.79 Å². The van der Waals surface area contributed by atoms with Crippen molar-refractivity contribution in [1.82, 2.24) is 0 Å². The predicted molar refractivity (Wildman–Crippen MR) is 53.0 cm³/mol. The zero-order valence-electron chi connectivity index (χ0n) is 8.14. The molecule has 0 aliphatic heterocycles. The Morgan fingerprint density at radius 2 is 2.07 bits per heavy atom. The fourth-order valence-corrected chi connectivity index (χ4v) is 0.980. The third kappa shape index (κ3) is 3.58. The molecule has 0 saturated carbocycles. The third-order valence-corrected chi connectivity index (χ3v) is 1.78. The summed E-state index contributed by atoms with van der Waals surface area (Å²) in [6, 6.07) is 8.80. The fraction of sp³-hybridized carbons (Fsp3) is 0.364. The molecule has 1 unspecified atom stereocenters. The molecule has 0 saturated heterocycles. The molecule has 0 aliphatic rings. The van der Waals surface area contributed by atoms with E-state index in [2.05, 4.69) is 0 Å². The lowest BCUT2D eigenvalue weighted by Crippen LogP contribution is -2.10. The van der Waals surface area contributed by atoms with Gasteiger partial charge in [0.15, 0.2) is 0 Å². The van der Waals surface area contributed by atoms with Crippen LogP contribution in [-0.2, 0) is 4.74 Å². The maximum Gasteiger partial charge on any atom is 0.338 e. The molecule has 14 heavy (non-hydrogen) atoms. The Morgan fingerprint density at radius 3 is 2.64 bits per heavy atom. The summed E-state index contributed by atoms with van der Waals surface area (Å²) in [5.74, 6) is -0.341. The second-order valence-electron chi connectivity index (χ2n) is 3.14. The number of esters is 1. The van der Waals surface area contributed by atoms with Crippen LogP contribution in [0.1, 0.15) is 23.7 Å². The summed E-state index contributed by atoms with van der Waals surface area (Å²) in [6.45, 7) is 1.92. The number of aliphatic hydroxyl groups excluding tert-OH is 1. The minimum Gasteiger partial charge on any atom is -0.462 e. The van der Waals surface area contributed by atoms with Crippen molar-refractivity contribution >= 4 is 5.97 Å². The second-order valence-corrected chi connectivity index (χ2v) is 3.14. The summed E-state index contributed by atoms with van der Waals surface area (Å²) in [6.07, 6.45) is 0.0389. The van der Waals surface area contributed by atoms with E-state index in [0.717, 1.165) is 0 Å². The Labute approximate surface area is 83.3 Å². The highest BCUT2D eigenvalue weighted by Gasteiger charge is 2.05. The van der Waals surface area contributed by atoms with Crippen LogP contribution in [0.25, 0.3) is 0 Å². The molecule has 1 aromatic rings. The lowest BCUT2D eigenvalue weighted by Gasteiger charge is -2.05. The molecule has 3 heteroatoms. The molecule has 1 aromatic carbocycles. The van der Waals surface area contributed by atoms with Gasteiger partial charge < -0.3 is 9.84 Å². The average molecular weight is 194 g/mol. The van der Waals surface area contributed by atoms with Crippen molar-refractivity contribution in [3.63, 3.8) is 0 Å². The van der Waals surface area contributed by atoms with Gasteiger partial charge in [-0.3, -0.25) is 0 Å². The van der Waals surface area contributed by atoms with Gasteiger partial charge >= 0.3 is 5.97 Å². The van der Waals surface area contributed by atoms with E-state index in [-0.39, 0.29) is 12.6 Å². The fourth-order valence-electron chi connectivity index (χ4n) is 0.980. The summed E-state index contributed by atoms with van der Waals surface area (Å²) in [4.78, 5) is 11.3. The van der Waals surface area contributed by atoms with Gasteiger partial charge in [-0.15, -0.1) is 0 Å². The van der Waals surface area contributed by atoms with Crippen molar-refractivity contribution in [2.45, 2.75) is 19.4 Å². The van der Waals surface area contributed by atoms with Crippen molar-refractivity contribution in [2.24, 2.45) is 0 Å². The first-order valence-corrected chi connectivity index (χ1v) is 4.60. The van der Waals surface area contributed by atoms with E-state index in [1.165, 1.54) is 0 Å². The number of aliphatic hydroxyl groups is 1. The normalized spacial score (nSPS) is 12.1. The van der Waals surface area contributed by atoms with Crippen molar-refractivity contribution in [2.75, 3.05) is 6.61 Å². The summed E-state index contributed by atoms with van der Waals surface area (Å²) < 4.78 is 4.94. The zero-order chi connectivity index (χ0) is 10.4. The molecular weight excluding hydrogens is 180 g/mol. The monoisotopic (exact) mass is 194 g/mol. The van der Waals surface area contributed by atoms with E-state index >= 15 is 0 Å². The third-order valence-electron chi connectivity index (χ3n) is 1.78. The van der Waals surface area contributed by atoms with Gasteiger partial charge in [0.1, 0.15) is 0 Å². The van der Waals surface area contributed by atoms with E-state index < -0.39 is 6.10 Å². The number of hydrogen-bond donors (Lipinski definition) is 1. The summed E-state index contributed by atoms with van der Waals surface area (Å²) >= 11 is 0. The molecule has 76 valence electrons. The van der Waals surface area contributed by atoms with Gasteiger partial charge in [-0.1, -0.05) is 18.2 Å². The first-order valence-electron chi connectivity index (χ1n) is 4.60. The maximum atomic E-state index is 11.3. The average Bonchev–Trinajstić information content (AvgIpc) is 2.18. The van der Waals surface area contributed by atoms with Gasteiger partial charge in [-0.2, -0.15) is 0 Å². The number of carbonyl (C=O) groups is 1. The molecule has 0 aliphatic carbocycles. The van der Waals surface area contributed by atoms with Crippen molar-refractivity contribution in [1.29, 1.82) is 0 Å². The van der Waals surface area contributed by atoms with E-state index in [1.54, 1.807) is 31.2 Å².